The number of carbonyl (C=O) groups excluding carboxylic acids is 1. The summed E-state index contributed by atoms with van der Waals surface area (Å²) in [5, 5.41) is 7.14. The van der Waals surface area contributed by atoms with E-state index in [1.165, 1.54) is 11.8 Å². The van der Waals surface area contributed by atoms with E-state index in [0.29, 0.717) is 6.42 Å². The van der Waals surface area contributed by atoms with Crippen LogP contribution in [-0.2, 0) is 4.79 Å². The molecule has 0 radical (unpaired) electrons. The van der Waals surface area contributed by atoms with Crippen LogP contribution >= 0.6 is 11.8 Å². The summed E-state index contributed by atoms with van der Waals surface area (Å²) in [4.78, 5) is 19.3. The van der Waals surface area contributed by atoms with Gasteiger partial charge < -0.3 is 16.4 Å². The molecule has 0 saturated heterocycles. The van der Waals surface area contributed by atoms with Crippen LogP contribution in [0.15, 0.2) is 11.2 Å². The van der Waals surface area contributed by atoms with Crippen molar-refractivity contribution < 1.29 is 4.79 Å². The highest BCUT2D eigenvalue weighted by Crippen LogP contribution is 2.17. The second-order valence-corrected chi connectivity index (χ2v) is 4.78. The molecule has 19 heavy (non-hydrogen) atoms. The number of nitrogens with one attached hydrogen (secondary N) is 2. The van der Waals surface area contributed by atoms with Crippen molar-refractivity contribution in [3.63, 3.8) is 0 Å². The Hall–Kier alpha value is -1.50. The minimum Gasteiger partial charge on any atom is -0.370 e. The van der Waals surface area contributed by atoms with Gasteiger partial charge in [0.15, 0.2) is 5.16 Å². The second kappa shape index (κ2) is 8.58. The van der Waals surface area contributed by atoms with E-state index in [1.807, 2.05) is 19.2 Å². The summed E-state index contributed by atoms with van der Waals surface area (Å²) in [5.41, 5.74) is 5.09. The highest BCUT2D eigenvalue weighted by molar-refractivity contribution is 7.98. The van der Waals surface area contributed by atoms with E-state index in [9.17, 15) is 4.79 Å². The molecule has 4 N–H and O–H groups in total. The van der Waals surface area contributed by atoms with Crippen LogP contribution < -0.4 is 16.4 Å². The minimum atomic E-state index is -0.249. The molecule has 0 fully saturated rings. The Morgan fingerprint density at radius 2 is 2.00 bits per heavy atom. The Morgan fingerprint density at radius 3 is 2.58 bits per heavy atom. The van der Waals surface area contributed by atoms with Crippen LogP contribution in [0, 0.1) is 0 Å². The minimum absolute atomic E-state index is 0.249. The van der Waals surface area contributed by atoms with Crippen molar-refractivity contribution in [2.24, 2.45) is 5.73 Å². The van der Waals surface area contributed by atoms with Gasteiger partial charge in [-0.2, -0.15) is 0 Å². The van der Waals surface area contributed by atoms with Gasteiger partial charge in [-0.05, 0) is 26.0 Å². The van der Waals surface area contributed by atoms with Crippen molar-refractivity contribution >= 4 is 29.3 Å². The van der Waals surface area contributed by atoms with Crippen molar-refractivity contribution in [3.8, 4) is 0 Å². The summed E-state index contributed by atoms with van der Waals surface area (Å²) in [6, 6.07) is 1.89. The van der Waals surface area contributed by atoms with E-state index in [-0.39, 0.29) is 5.91 Å². The van der Waals surface area contributed by atoms with Crippen LogP contribution in [0.3, 0.4) is 0 Å². The molecule has 0 spiro atoms. The molecule has 1 amide bonds. The standard InChI is InChI=1S/C12H21N5OS/c1-3-14-10-8-11(17-12(16-10)19-2)15-7-5-4-6-9(13)18/h8H,3-7H2,1-2H3,(H2,13,18)(H2,14,15,16,17). The SMILES string of the molecule is CCNc1cc(NCCCCC(N)=O)nc(SC)n1. The number of hydrogen-bond donors (Lipinski definition) is 3. The number of amides is 1. The van der Waals surface area contributed by atoms with Crippen LogP contribution in [0.25, 0.3) is 0 Å². The lowest BCUT2D eigenvalue weighted by Crippen LogP contribution is -2.11. The summed E-state index contributed by atoms with van der Waals surface area (Å²) in [5.74, 6) is 1.37. The van der Waals surface area contributed by atoms with Crippen LogP contribution in [0.4, 0.5) is 11.6 Å². The topological polar surface area (TPSA) is 92.9 Å². The summed E-state index contributed by atoms with van der Waals surface area (Å²) in [6.07, 6.45) is 4.06. The summed E-state index contributed by atoms with van der Waals surface area (Å²) >= 11 is 1.51. The molecule has 1 aromatic heterocycles. The second-order valence-electron chi connectivity index (χ2n) is 4.01. The van der Waals surface area contributed by atoms with E-state index >= 15 is 0 Å². The normalized spacial score (nSPS) is 10.2. The number of carbonyl (C=O) groups is 1. The fourth-order valence-corrected chi connectivity index (χ4v) is 1.90. The molecule has 1 heterocycles. The molecular formula is C12H21N5OS. The van der Waals surface area contributed by atoms with Gasteiger partial charge in [0, 0.05) is 25.6 Å². The van der Waals surface area contributed by atoms with Gasteiger partial charge in [0.25, 0.3) is 0 Å². The fourth-order valence-electron chi connectivity index (χ4n) is 1.52. The number of thioether (sulfide) groups is 1. The van der Waals surface area contributed by atoms with Crippen LogP contribution in [0.5, 0.6) is 0 Å². The van der Waals surface area contributed by atoms with Gasteiger partial charge in [-0.1, -0.05) is 11.8 Å². The first-order valence-electron chi connectivity index (χ1n) is 6.34. The van der Waals surface area contributed by atoms with Crippen LogP contribution in [0.1, 0.15) is 26.2 Å². The van der Waals surface area contributed by atoms with E-state index in [4.69, 9.17) is 5.73 Å². The Morgan fingerprint density at radius 1 is 1.32 bits per heavy atom. The first-order chi connectivity index (χ1) is 9.15. The third-order valence-electron chi connectivity index (χ3n) is 2.40. The first-order valence-corrected chi connectivity index (χ1v) is 7.57. The zero-order chi connectivity index (χ0) is 14.1. The van der Waals surface area contributed by atoms with E-state index in [1.54, 1.807) is 0 Å². The number of anilines is 2. The molecule has 106 valence electrons. The average molecular weight is 283 g/mol. The Bertz CT molecular complexity index is 413. The van der Waals surface area contributed by atoms with E-state index < -0.39 is 0 Å². The fraction of sp³-hybridized carbons (Fsp3) is 0.583. The molecule has 0 aliphatic heterocycles. The molecule has 0 atom stereocenters. The monoisotopic (exact) mass is 283 g/mol. The lowest BCUT2D eigenvalue weighted by molar-refractivity contribution is -0.118. The lowest BCUT2D eigenvalue weighted by Gasteiger charge is -2.09. The molecule has 6 nitrogen and oxygen atoms in total. The van der Waals surface area contributed by atoms with Gasteiger partial charge in [-0.3, -0.25) is 4.79 Å². The van der Waals surface area contributed by atoms with Gasteiger partial charge in [-0.25, -0.2) is 9.97 Å². The third-order valence-corrected chi connectivity index (χ3v) is 2.95. The van der Waals surface area contributed by atoms with E-state index in [0.717, 1.165) is 42.7 Å². The molecule has 0 bridgehead atoms. The zero-order valence-electron chi connectivity index (χ0n) is 11.4. The van der Waals surface area contributed by atoms with Crippen molar-refractivity contribution in [3.05, 3.63) is 6.07 Å². The molecule has 0 saturated carbocycles. The number of rotatable bonds is 9. The number of aromatic nitrogens is 2. The largest absolute Gasteiger partial charge is 0.370 e. The predicted octanol–water partition coefficient (Wildman–Crippen LogP) is 1.70. The third kappa shape index (κ3) is 6.28. The number of nitrogens with zero attached hydrogens (tertiary/aromatic N) is 2. The highest BCUT2D eigenvalue weighted by atomic mass is 32.2. The van der Waals surface area contributed by atoms with Crippen molar-refractivity contribution in [2.45, 2.75) is 31.3 Å². The number of hydrogen-bond acceptors (Lipinski definition) is 6. The first kappa shape index (κ1) is 15.6. The lowest BCUT2D eigenvalue weighted by atomic mass is 10.2. The zero-order valence-corrected chi connectivity index (χ0v) is 12.2. The maximum atomic E-state index is 10.6. The molecule has 1 aromatic rings. The number of primary amides is 1. The molecule has 7 heteroatoms. The van der Waals surface area contributed by atoms with Gasteiger partial charge in [-0.15, -0.1) is 0 Å². The Kier molecular flexibility index (Phi) is 7.02. The van der Waals surface area contributed by atoms with Crippen molar-refractivity contribution in [2.75, 3.05) is 30.0 Å². The summed E-state index contributed by atoms with van der Waals surface area (Å²) < 4.78 is 0. The number of nitrogens with two attached hydrogens (primary N) is 1. The Labute approximate surface area is 118 Å². The average Bonchev–Trinajstić information content (AvgIpc) is 2.38. The van der Waals surface area contributed by atoms with Crippen LogP contribution in [0.2, 0.25) is 0 Å². The van der Waals surface area contributed by atoms with Crippen LogP contribution in [-0.4, -0.2) is 35.2 Å². The maximum Gasteiger partial charge on any atom is 0.217 e. The van der Waals surface area contributed by atoms with Gasteiger partial charge in [0.2, 0.25) is 5.91 Å². The van der Waals surface area contributed by atoms with Crippen molar-refractivity contribution in [1.82, 2.24) is 9.97 Å². The van der Waals surface area contributed by atoms with Crippen molar-refractivity contribution in [1.29, 1.82) is 0 Å². The molecule has 0 unspecified atom stereocenters. The molecule has 0 aromatic carbocycles. The van der Waals surface area contributed by atoms with Gasteiger partial charge in [0.1, 0.15) is 11.6 Å². The number of unbranched alkanes of at least 4 members (excludes halogenated alkanes) is 1. The molecule has 1 rings (SSSR count). The molecular weight excluding hydrogens is 262 g/mol. The summed E-state index contributed by atoms with van der Waals surface area (Å²) in [6.45, 7) is 3.62. The van der Waals surface area contributed by atoms with Gasteiger partial charge >= 0.3 is 0 Å². The predicted molar refractivity (Wildman–Crippen MR) is 79.5 cm³/mol. The molecule has 0 aliphatic rings. The smallest absolute Gasteiger partial charge is 0.217 e. The quantitative estimate of drug-likeness (QED) is 0.363. The Balaban J connectivity index is 2.47. The molecule has 0 aliphatic carbocycles. The van der Waals surface area contributed by atoms with Gasteiger partial charge in [0.05, 0.1) is 0 Å². The highest BCUT2D eigenvalue weighted by Gasteiger charge is 2.03. The summed E-state index contributed by atoms with van der Waals surface area (Å²) in [7, 11) is 0. The van der Waals surface area contributed by atoms with E-state index in [2.05, 4.69) is 20.6 Å². The maximum absolute atomic E-state index is 10.6.